The van der Waals surface area contributed by atoms with E-state index in [9.17, 15) is 4.79 Å². The maximum atomic E-state index is 12.5. The Morgan fingerprint density at radius 1 is 1.33 bits per heavy atom. The lowest BCUT2D eigenvalue weighted by Crippen LogP contribution is -2.55. The molecule has 7 nitrogen and oxygen atoms in total. The van der Waals surface area contributed by atoms with E-state index >= 15 is 0 Å². The molecule has 0 bridgehead atoms. The number of guanidine groups is 1. The van der Waals surface area contributed by atoms with E-state index in [1.54, 1.807) is 15.8 Å². The summed E-state index contributed by atoms with van der Waals surface area (Å²) in [5.41, 5.74) is 0.863. The minimum atomic E-state index is 0. The van der Waals surface area contributed by atoms with Gasteiger partial charge in [-0.25, -0.2) is 0 Å². The minimum absolute atomic E-state index is 0. The van der Waals surface area contributed by atoms with E-state index in [4.69, 9.17) is 0 Å². The minimum Gasteiger partial charge on any atom is -0.357 e. The van der Waals surface area contributed by atoms with E-state index in [2.05, 4.69) is 29.3 Å². The van der Waals surface area contributed by atoms with Crippen LogP contribution >= 0.6 is 24.0 Å². The van der Waals surface area contributed by atoms with Crippen molar-refractivity contribution >= 4 is 41.5 Å². The first-order valence-corrected chi connectivity index (χ1v) is 8.48. The molecule has 2 heterocycles. The second kappa shape index (κ2) is 10.5. The molecule has 1 amide bonds. The molecule has 0 aromatic carbocycles. The predicted octanol–water partition coefficient (Wildman–Crippen LogP) is 1.84. The number of anilines is 1. The van der Waals surface area contributed by atoms with Gasteiger partial charge in [-0.05, 0) is 13.3 Å². The van der Waals surface area contributed by atoms with Crippen molar-refractivity contribution < 1.29 is 4.79 Å². The van der Waals surface area contributed by atoms with Crippen LogP contribution in [0.25, 0.3) is 0 Å². The maximum Gasteiger partial charge on any atom is 0.246 e. The standard InChI is InChI=1S/C16H28N6O.HI/c1-4-6-7-8-18-16(17-5-2)21-9-10-22(15(23)13-21)14-11-19-20(3)12-14;/h11-12H,4-10,13H2,1-3H3,(H,17,18);1H. The number of unbranched alkanes of at least 4 members (excludes halogenated alkanes) is 2. The van der Waals surface area contributed by atoms with Crippen molar-refractivity contribution in [3.63, 3.8) is 0 Å². The lowest BCUT2D eigenvalue weighted by Gasteiger charge is -2.35. The zero-order valence-electron chi connectivity index (χ0n) is 14.9. The number of carbonyl (C=O) groups excluding carboxylic acids is 1. The molecule has 0 spiro atoms. The van der Waals surface area contributed by atoms with E-state index < -0.39 is 0 Å². The molecule has 1 aromatic rings. The SMILES string of the molecule is CCCCCN=C(NCC)N1CCN(c2cnn(C)c2)C(=O)C1.I. The lowest BCUT2D eigenvalue weighted by atomic mass is 10.2. The quantitative estimate of drug-likeness (QED) is 0.312. The Hall–Kier alpha value is -1.32. The highest BCUT2D eigenvalue weighted by atomic mass is 127. The third-order valence-electron chi connectivity index (χ3n) is 3.88. The number of aliphatic imine (C=N–C) groups is 1. The number of halogens is 1. The second-order valence-electron chi connectivity index (χ2n) is 5.78. The summed E-state index contributed by atoms with van der Waals surface area (Å²) < 4.78 is 1.72. The van der Waals surface area contributed by atoms with Gasteiger partial charge in [-0.15, -0.1) is 24.0 Å². The number of aryl methyl sites for hydroxylation is 1. The first-order valence-electron chi connectivity index (χ1n) is 8.48. The summed E-state index contributed by atoms with van der Waals surface area (Å²) in [5, 5.41) is 7.44. The molecule has 0 aliphatic carbocycles. The topological polar surface area (TPSA) is 65.8 Å². The smallest absolute Gasteiger partial charge is 0.246 e. The normalized spacial score (nSPS) is 15.5. The molecule has 24 heavy (non-hydrogen) atoms. The molecule has 1 aromatic heterocycles. The van der Waals surface area contributed by atoms with Gasteiger partial charge in [-0.2, -0.15) is 5.10 Å². The van der Waals surface area contributed by atoms with Crippen molar-refractivity contribution in [1.29, 1.82) is 0 Å². The van der Waals surface area contributed by atoms with Crippen LogP contribution in [0.2, 0.25) is 0 Å². The van der Waals surface area contributed by atoms with Gasteiger partial charge in [0.15, 0.2) is 5.96 Å². The van der Waals surface area contributed by atoms with E-state index in [1.807, 2.05) is 18.1 Å². The number of piperazine rings is 1. The highest BCUT2D eigenvalue weighted by Gasteiger charge is 2.27. The number of aromatic nitrogens is 2. The summed E-state index contributed by atoms with van der Waals surface area (Å²) in [6.45, 7) is 7.65. The molecule has 0 unspecified atom stereocenters. The summed E-state index contributed by atoms with van der Waals surface area (Å²) in [6, 6.07) is 0. The van der Waals surface area contributed by atoms with Gasteiger partial charge in [0.25, 0.3) is 0 Å². The third-order valence-corrected chi connectivity index (χ3v) is 3.88. The molecular formula is C16H29IN6O. The molecular weight excluding hydrogens is 419 g/mol. The van der Waals surface area contributed by atoms with Gasteiger partial charge in [0, 0.05) is 39.4 Å². The van der Waals surface area contributed by atoms with Gasteiger partial charge in [0.2, 0.25) is 5.91 Å². The predicted molar refractivity (Wildman–Crippen MR) is 108 cm³/mol. The molecule has 0 saturated carbocycles. The zero-order chi connectivity index (χ0) is 16.7. The average Bonchev–Trinajstić information content (AvgIpc) is 2.96. The van der Waals surface area contributed by atoms with Crippen LogP contribution in [0.4, 0.5) is 5.69 Å². The summed E-state index contributed by atoms with van der Waals surface area (Å²) >= 11 is 0. The number of carbonyl (C=O) groups is 1. The number of nitrogens with one attached hydrogen (secondary N) is 1. The first kappa shape index (κ1) is 20.7. The summed E-state index contributed by atoms with van der Waals surface area (Å²) in [5.74, 6) is 0.936. The molecule has 0 radical (unpaired) electrons. The van der Waals surface area contributed by atoms with E-state index in [-0.39, 0.29) is 29.9 Å². The second-order valence-corrected chi connectivity index (χ2v) is 5.78. The fraction of sp³-hybridized carbons (Fsp3) is 0.688. The van der Waals surface area contributed by atoms with Crippen molar-refractivity contribution in [2.45, 2.75) is 33.1 Å². The van der Waals surface area contributed by atoms with Crippen LogP contribution in [0.15, 0.2) is 17.4 Å². The van der Waals surface area contributed by atoms with Crippen LogP contribution in [0.3, 0.4) is 0 Å². The zero-order valence-corrected chi connectivity index (χ0v) is 17.2. The highest BCUT2D eigenvalue weighted by Crippen LogP contribution is 2.16. The molecule has 0 atom stereocenters. The van der Waals surface area contributed by atoms with E-state index in [0.29, 0.717) is 13.1 Å². The summed E-state index contributed by atoms with van der Waals surface area (Å²) in [6.07, 6.45) is 7.08. The Morgan fingerprint density at radius 3 is 2.71 bits per heavy atom. The van der Waals surface area contributed by atoms with Crippen molar-refractivity contribution in [3.05, 3.63) is 12.4 Å². The van der Waals surface area contributed by atoms with Crippen LogP contribution < -0.4 is 10.2 Å². The first-order chi connectivity index (χ1) is 11.2. The van der Waals surface area contributed by atoms with Crippen LogP contribution in [0.1, 0.15) is 33.1 Å². The number of rotatable bonds is 6. The van der Waals surface area contributed by atoms with Gasteiger partial charge in [-0.3, -0.25) is 14.5 Å². The molecule has 1 fully saturated rings. The highest BCUT2D eigenvalue weighted by molar-refractivity contribution is 14.0. The van der Waals surface area contributed by atoms with Crippen LogP contribution in [-0.4, -0.2) is 59.3 Å². The molecule has 1 aliphatic heterocycles. The summed E-state index contributed by atoms with van der Waals surface area (Å²) in [4.78, 5) is 21.0. The molecule has 1 N–H and O–H groups in total. The number of hydrogen-bond donors (Lipinski definition) is 1. The van der Waals surface area contributed by atoms with E-state index in [0.717, 1.165) is 37.7 Å². The van der Waals surface area contributed by atoms with Gasteiger partial charge in [0.05, 0.1) is 11.9 Å². The van der Waals surface area contributed by atoms with Crippen LogP contribution in [0.5, 0.6) is 0 Å². The lowest BCUT2D eigenvalue weighted by molar-refractivity contribution is -0.120. The van der Waals surface area contributed by atoms with Gasteiger partial charge < -0.3 is 15.1 Å². The number of nitrogens with zero attached hydrogens (tertiary/aromatic N) is 5. The van der Waals surface area contributed by atoms with Crippen molar-refractivity contribution in [2.75, 3.05) is 37.6 Å². The average molecular weight is 448 g/mol. The van der Waals surface area contributed by atoms with Crippen LogP contribution in [-0.2, 0) is 11.8 Å². The van der Waals surface area contributed by atoms with Crippen molar-refractivity contribution in [1.82, 2.24) is 20.0 Å². The molecule has 1 saturated heterocycles. The van der Waals surface area contributed by atoms with Gasteiger partial charge in [-0.1, -0.05) is 19.8 Å². The Bertz CT molecular complexity index is 544. The summed E-state index contributed by atoms with van der Waals surface area (Å²) in [7, 11) is 1.86. The Balaban J connectivity index is 0.00000288. The monoisotopic (exact) mass is 448 g/mol. The fourth-order valence-electron chi connectivity index (χ4n) is 2.65. The fourth-order valence-corrected chi connectivity index (χ4v) is 2.65. The number of amides is 1. The van der Waals surface area contributed by atoms with Gasteiger partial charge >= 0.3 is 0 Å². The largest absolute Gasteiger partial charge is 0.357 e. The molecule has 2 rings (SSSR count). The van der Waals surface area contributed by atoms with Crippen LogP contribution in [0, 0.1) is 0 Å². The van der Waals surface area contributed by atoms with Gasteiger partial charge in [0.1, 0.15) is 6.54 Å². The van der Waals surface area contributed by atoms with Crippen molar-refractivity contribution in [3.8, 4) is 0 Å². The molecule has 8 heteroatoms. The Labute approximate surface area is 161 Å². The third kappa shape index (κ3) is 5.64. The molecule has 1 aliphatic rings. The maximum absolute atomic E-state index is 12.5. The molecule has 136 valence electrons. The Morgan fingerprint density at radius 2 is 2.12 bits per heavy atom. The van der Waals surface area contributed by atoms with E-state index in [1.165, 1.54) is 12.8 Å². The Kier molecular flexibility index (Phi) is 9.09. The number of hydrogen-bond acceptors (Lipinski definition) is 3. The van der Waals surface area contributed by atoms with Crippen molar-refractivity contribution in [2.24, 2.45) is 12.0 Å².